The fourth-order valence-electron chi connectivity index (χ4n) is 2.37. The van der Waals surface area contributed by atoms with Gasteiger partial charge in [0.05, 0.1) is 0 Å². The van der Waals surface area contributed by atoms with Crippen LogP contribution in [0.5, 0.6) is 11.5 Å². The molecule has 0 aliphatic rings. The van der Waals surface area contributed by atoms with Crippen molar-refractivity contribution in [3.8, 4) is 11.5 Å². The van der Waals surface area contributed by atoms with Crippen LogP contribution in [0.25, 0.3) is 6.08 Å². The molecule has 0 unspecified atom stereocenters. The maximum absolute atomic E-state index is 10.5. The van der Waals surface area contributed by atoms with E-state index in [9.17, 15) is 4.79 Å². The number of hydrogen-bond donors (Lipinski definition) is 1. The first-order valence-corrected chi connectivity index (χ1v) is 8.78. The highest BCUT2D eigenvalue weighted by atomic mass is 16.5. The second-order valence-electron chi connectivity index (χ2n) is 6.70. The van der Waals surface area contributed by atoms with Crippen LogP contribution < -0.4 is 9.47 Å². The van der Waals surface area contributed by atoms with Gasteiger partial charge < -0.3 is 14.6 Å². The molecule has 4 nitrogen and oxygen atoms in total. The van der Waals surface area contributed by atoms with Crippen molar-refractivity contribution in [3.63, 3.8) is 0 Å². The molecule has 0 bridgehead atoms. The van der Waals surface area contributed by atoms with Gasteiger partial charge in [-0.05, 0) is 53.3 Å². The van der Waals surface area contributed by atoms with Crippen LogP contribution in [0.15, 0.2) is 54.6 Å². The van der Waals surface area contributed by atoms with Gasteiger partial charge in [-0.2, -0.15) is 0 Å². The highest BCUT2D eigenvalue weighted by Crippen LogP contribution is 2.28. The number of carbonyl (C=O) groups is 1. The molecular formula is C22H26O4. The molecule has 0 aliphatic heterocycles. The van der Waals surface area contributed by atoms with Gasteiger partial charge in [0.15, 0.2) is 0 Å². The molecule has 0 heterocycles. The first-order valence-electron chi connectivity index (χ1n) is 8.78. The summed E-state index contributed by atoms with van der Waals surface area (Å²) in [4.78, 5) is 10.5. The average molecular weight is 354 g/mol. The van der Waals surface area contributed by atoms with E-state index in [4.69, 9.17) is 14.6 Å². The molecule has 0 atom stereocenters. The summed E-state index contributed by atoms with van der Waals surface area (Å²) in [7, 11) is 0. The first kappa shape index (κ1) is 19.6. The normalized spacial score (nSPS) is 11.5. The summed E-state index contributed by atoms with van der Waals surface area (Å²) < 4.78 is 11.4. The number of benzene rings is 2. The van der Waals surface area contributed by atoms with E-state index in [1.807, 2.05) is 36.4 Å². The molecule has 0 spiro atoms. The number of rotatable bonds is 9. The van der Waals surface area contributed by atoms with Gasteiger partial charge in [0, 0.05) is 6.08 Å². The fourth-order valence-corrected chi connectivity index (χ4v) is 2.37. The Hall–Kier alpha value is -2.75. The van der Waals surface area contributed by atoms with Gasteiger partial charge in [0.25, 0.3) is 0 Å². The Balaban J connectivity index is 1.77. The Kier molecular flexibility index (Phi) is 6.84. The Morgan fingerprint density at radius 3 is 1.92 bits per heavy atom. The smallest absolute Gasteiger partial charge is 0.328 e. The molecule has 0 aromatic heterocycles. The monoisotopic (exact) mass is 354 g/mol. The molecule has 1 N–H and O–H groups in total. The number of hydrogen-bond acceptors (Lipinski definition) is 3. The number of carboxylic acids is 1. The van der Waals surface area contributed by atoms with E-state index in [1.165, 1.54) is 5.56 Å². The molecule has 2 aromatic rings. The third-order valence-corrected chi connectivity index (χ3v) is 4.44. The zero-order chi connectivity index (χ0) is 19.0. The van der Waals surface area contributed by atoms with Crippen molar-refractivity contribution in [2.45, 2.75) is 32.6 Å². The minimum atomic E-state index is -0.964. The SMILES string of the molecule is CCC(C)(C)c1ccc(OCCOc2ccc(C=CC(=O)O)cc2)cc1. The maximum Gasteiger partial charge on any atom is 0.328 e. The fraction of sp³-hybridized carbons (Fsp3) is 0.318. The van der Waals surface area contributed by atoms with Gasteiger partial charge in [-0.15, -0.1) is 0 Å². The highest BCUT2D eigenvalue weighted by Gasteiger charge is 2.17. The van der Waals surface area contributed by atoms with Gasteiger partial charge >= 0.3 is 5.97 Å². The Bertz CT molecular complexity index is 728. The van der Waals surface area contributed by atoms with Crippen LogP contribution in [0.1, 0.15) is 38.3 Å². The molecule has 0 aliphatic carbocycles. The predicted molar refractivity (Wildman–Crippen MR) is 104 cm³/mol. The van der Waals surface area contributed by atoms with Crippen molar-refractivity contribution < 1.29 is 19.4 Å². The van der Waals surface area contributed by atoms with Gasteiger partial charge in [-0.25, -0.2) is 4.79 Å². The van der Waals surface area contributed by atoms with Crippen LogP contribution in [-0.2, 0) is 10.2 Å². The second kappa shape index (κ2) is 9.09. The Morgan fingerprint density at radius 1 is 0.962 bits per heavy atom. The molecular weight excluding hydrogens is 328 g/mol. The summed E-state index contributed by atoms with van der Waals surface area (Å²) in [6, 6.07) is 15.5. The quantitative estimate of drug-likeness (QED) is 0.512. The van der Waals surface area contributed by atoms with Gasteiger partial charge in [0.1, 0.15) is 24.7 Å². The van der Waals surface area contributed by atoms with Crippen molar-refractivity contribution in [1.29, 1.82) is 0 Å². The zero-order valence-electron chi connectivity index (χ0n) is 15.6. The molecule has 0 radical (unpaired) electrons. The molecule has 0 saturated heterocycles. The topological polar surface area (TPSA) is 55.8 Å². The minimum Gasteiger partial charge on any atom is -0.490 e. The number of aliphatic carboxylic acids is 1. The second-order valence-corrected chi connectivity index (χ2v) is 6.70. The molecule has 26 heavy (non-hydrogen) atoms. The van der Waals surface area contributed by atoms with Crippen LogP contribution in [0.4, 0.5) is 0 Å². The molecule has 138 valence electrons. The van der Waals surface area contributed by atoms with Crippen LogP contribution in [-0.4, -0.2) is 24.3 Å². The largest absolute Gasteiger partial charge is 0.490 e. The van der Waals surface area contributed by atoms with E-state index in [-0.39, 0.29) is 5.41 Å². The summed E-state index contributed by atoms with van der Waals surface area (Å²) in [5.74, 6) is 0.591. The summed E-state index contributed by atoms with van der Waals surface area (Å²) in [6.45, 7) is 7.55. The lowest BCUT2D eigenvalue weighted by molar-refractivity contribution is -0.131. The van der Waals surface area contributed by atoms with E-state index >= 15 is 0 Å². The summed E-state index contributed by atoms with van der Waals surface area (Å²) in [5.41, 5.74) is 2.29. The Morgan fingerprint density at radius 2 is 1.46 bits per heavy atom. The molecule has 2 aromatic carbocycles. The minimum absolute atomic E-state index is 0.174. The lowest BCUT2D eigenvalue weighted by Gasteiger charge is -2.23. The van der Waals surface area contributed by atoms with E-state index in [0.717, 1.165) is 29.6 Å². The summed E-state index contributed by atoms with van der Waals surface area (Å²) in [6.07, 6.45) is 3.74. The lowest BCUT2D eigenvalue weighted by atomic mass is 9.82. The van der Waals surface area contributed by atoms with E-state index in [1.54, 1.807) is 6.08 Å². The van der Waals surface area contributed by atoms with Crippen LogP contribution in [0, 0.1) is 0 Å². The molecule has 0 fully saturated rings. The van der Waals surface area contributed by atoms with E-state index in [0.29, 0.717) is 13.2 Å². The van der Waals surface area contributed by atoms with Gasteiger partial charge in [0.2, 0.25) is 0 Å². The molecule has 0 saturated carbocycles. The summed E-state index contributed by atoms with van der Waals surface area (Å²) >= 11 is 0. The predicted octanol–water partition coefficient (Wildman–Crippen LogP) is 4.93. The highest BCUT2D eigenvalue weighted by molar-refractivity contribution is 5.85. The van der Waals surface area contributed by atoms with E-state index < -0.39 is 5.97 Å². The van der Waals surface area contributed by atoms with Crippen molar-refractivity contribution >= 4 is 12.0 Å². The van der Waals surface area contributed by atoms with Crippen LogP contribution in [0.3, 0.4) is 0 Å². The lowest BCUT2D eigenvalue weighted by Crippen LogP contribution is -2.15. The Labute approximate surface area is 155 Å². The van der Waals surface area contributed by atoms with Crippen LogP contribution >= 0.6 is 0 Å². The van der Waals surface area contributed by atoms with Crippen LogP contribution in [0.2, 0.25) is 0 Å². The van der Waals surface area contributed by atoms with Gasteiger partial charge in [-0.3, -0.25) is 0 Å². The third-order valence-electron chi connectivity index (χ3n) is 4.44. The average Bonchev–Trinajstić information content (AvgIpc) is 2.65. The standard InChI is InChI=1S/C22H26O4/c1-4-22(2,3)18-8-12-20(13-9-18)26-16-15-25-19-10-5-17(6-11-19)7-14-21(23)24/h5-14H,4,15-16H2,1-3H3,(H,23,24). The third kappa shape index (κ3) is 5.96. The van der Waals surface area contributed by atoms with Crippen molar-refractivity contribution in [2.24, 2.45) is 0 Å². The molecule has 2 rings (SSSR count). The van der Waals surface area contributed by atoms with Crippen molar-refractivity contribution in [2.75, 3.05) is 13.2 Å². The number of ether oxygens (including phenoxy) is 2. The van der Waals surface area contributed by atoms with E-state index in [2.05, 4.69) is 32.9 Å². The summed E-state index contributed by atoms with van der Waals surface area (Å²) in [5, 5.41) is 8.61. The van der Waals surface area contributed by atoms with Crippen molar-refractivity contribution in [1.82, 2.24) is 0 Å². The first-order chi connectivity index (χ1) is 12.4. The molecule has 0 amide bonds. The maximum atomic E-state index is 10.5. The zero-order valence-corrected chi connectivity index (χ0v) is 15.6. The van der Waals surface area contributed by atoms with Gasteiger partial charge in [-0.1, -0.05) is 45.0 Å². The number of carboxylic acid groups (broad SMARTS) is 1. The molecule has 4 heteroatoms. The van der Waals surface area contributed by atoms with Crippen molar-refractivity contribution in [3.05, 3.63) is 65.7 Å².